The molecular formula is C21H16N4O3. The summed E-state index contributed by atoms with van der Waals surface area (Å²) in [6.07, 6.45) is 1.42. The average Bonchev–Trinajstić information content (AvgIpc) is 2.74. The van der Waals surface area contributed by atoms with E-state index in [-0.39, 0.29) is 5.69 Å². The lowest BCUT2D eigenvalue weighted by Gasteiger charge is -2.11. The Hall–Kier alpha value is -4.00. The van der Waals surface area contributed by atoms with Crippen LogP contribution in [0.1, 0.15) is 5.56 Å². The topological polar surface area (TPSA) is 90.2 Å². The lowest BCUT2D eigenvalue weighted by Crippen LogP contribution is -2.01. The van der Waals surface area contributed by atoms with Gasteiger partial charge in [0.15, 0.2) is 0 Å². The normalized spacial score (nSPS) is 10.6. The van der Waals surface area contributed by atoms with Crippen molar-refractivity contribution >= 4 is 28.1 Å². The van der Waals surface area contributed by atoms with Crippen molar-refractivity contribution in [2.45, 2.75) is 6.61 Å². The Morgan fingerprint density at radius 1 is 0.964 bits per heavy atom. The Morgan fingerprint density at radius 2 is 1.75 bits per heavy atom. The Bertz CT molecular complexity index is 1130. The molecule has 0 unspecified atom stereocenters. The summed E-state index contributed by atoms with van der Waals surface area (Å²) in [5.41, 5.74) is 1.99. The second kappa shape index (κ2) is 7.71. The minimum absolute atomic E-state index is 0.0896. The molecule has 0 fully saturated rings. The number of nitro groups is 1. The van der Waals surface area contributed by atoms with Gasteiger partial charge in [-0.25, -0.2) is 9.97 Å². The monoisotopic (exact) mass is 372 g/mol. The number of hydrogen-bond acceptors (Lipinski definition) is 6. The van der Waals surface area contributed by atoms with Crippen LogP contribution < -0.4 is 10.1 Å². The summed E-state index contributed by atoms with van der Waals surface area (Å²) in [5.74, 6) is 0.931. The first kappa shape index (κ1) is 17.4. The first-order chi connectivity index (χ1) is 13.7. The SMILES string of the molecule is O=[N+]([O-])c1cc(OCc2ccccc2)ccc1Nc1ncnc2ccccc12. The minimum Gasteiger partial charge on any atom is -0.489 e. The molecule has 28 heavy (non-hydrogen) atoms. The second-order valence-electron chi connectivity index (χ2n) is 6.07. The number of nitro benzene ring substituents is 1. The van der Waals surface area contributed by atoms with E-state index in [1.165, 1.54) is 12.4 Å². The Balaban J connectivity index is 1.61. The van der Waals surface area contributed by atoms with Gasteiger partial charge in [0, 0.05) is 5.39 Å². The number of para-hydroxylation sites is 1. The summed E-state index contributed by atoms with van der Waals surface area (Å²) in [7, 11) is 0. The molecule has 7 nitrogen and oxygen atoms in total. The predicted octanol–water partition coefficient (Wildman–Crippen LogP) is 4.86. The van der Waals surface area contributed by atoms with Crippen molar-refractivity contribution in [2.75, 3.05) is 5.32 Å². The minimum atomic E-state index is -0.443. The third-order valence-electron chi connectivity index (χ3n) is 4.21. The van der Waals surface area contributed by atoms with Crippen molar-refractivity contribution in [3.63, 3.8) is 0 Å². The maximum absolute atomic E-state index is 11.6. The molecular weight excluding hydrogens is 356 g/mol. The van der Waals surface area contributed by atoms with E-state index in [1.807, 2.05) is 54.6 Å². The largest absolute Gasteiger partial charge is 0.489 e. The number of nitrogens with zero attached hydrogens (tertiary/aromatic N) is 3. The van der Waals surface area contributed by atoms with Crippen LogP contribution in [-0.2, 0) is 6.61 Å². The van der Waals surface area contributed by atoms with E-state index in [2.05, 4.69) is 15.3 Å². The van der Waals surface area contributed by atoms with Gasteiger partial charge in [0.1, 0.15) is 30.2 Å². The van der Waals surface area contributed by atoms with Gasteiger partial charge in [-0.05, 0) is 29.8 Å². The molecule has 0 saturated carbocycles. The molecule has 0 amide bonds. The standard InChI is InChI=1S/C21H16N4O3/c26-25(27)20-12-16(28-13-15-6-2-1-3-7-15)10-11-19(20)24-21-17-8-4-5-9-18(17)22-14-23-21/h1-12,14H,13H2,(H,22,23,24). The van der Waals surface area contributed by atoms with Crippen LogP contribution in [0.4, 0.5) is 17.2 Å². The van der Waals surface area contributed by atoms with Gasteiger partial charge in [0.2, 0.25) is 0 Å². The van der Waals surface area contributed by atoms with Crippen LogP contribution >= 0.6 is 0 Å². The lowest BCUT2D eigenvalue weighted by molar-refractivity contribution is -0.384. The molecule has 0 atom stereocenters. The van der Waals surface area contributed by atoms with Crippen LogP contribution in [0.3, 0.4) is 0 Å². The number of ether oxygens (including phenoxy) is 1. The fourth-order valence-corrected chi connectivity index (χ4v) is 2.83. The number of aromatic nitrogens is 2. The van der Waals surface area contributed by atoms with Gasteiger partial charge in [0.05, 0.1) is 16.5 Å². The van der Waals surface area contributed by atoms with Gasteiger partial charge in [-0.3, -0.25) is 10.1 Å². The van der Waals surface area contributed by atoms with Gasteiger partial charge in [-0.1, -0.05) is 42.5 Å². The number of fused-ring (bicyclic) bond motifs is 1. The van der Waals surface area contributed by atoms with Crippen molar-refractivity contribution in [2.24, 2.45) is 0 Å². The number of nitrogens with one attached hydrogen (secondary N) is 1. The smallest absolute Gasteiger partial charge is 0.296 e. The quantitative estimate of drug-likeness (QED) is 0.384. The van der Waals surface area contributed by atoms with Crippen LogP contribution in [0.2, 0.25) is 0 Å². The van der Waals surface area contributed by atoms with Crippen molar-refractivity contribution in [1.82, 2.24) is 9.97 Å². The van der Waals surface area contributed by atoms with Gasteiger partial charge >= 0.3 is 0 Å². The van der Waals surface area contributed by atoms with E-state index in [0.29, 0.717) is 23.9 Å². The molecule has 0 radical (unpaired) electrons. The Kier molecular flexibility index (Phi) is 4.79. The van der Waals surface area contributed by atoms with Crippen molar-refractivity contribution in [3.8, 4) is 5.75 Å². The summed E-state index contributed by atoms with van der Waals surface area (Å²) in [6.45, 7) is 0.335. The first-order valence-corrected chi connectivity index (χ1v) is 8.62. The van der Waals surface area contributed by atoms with Crippen LogP contribution in [-0.4, -0.2) is 14.9 Å². The summed E-state index contributed by atoms with van der Waals surface area (Å²) < 4.78 is 5.70. The molecule has 7 heteroatoms. The molecule has 0 aliphatic rings. The van der Waals surface area contributed by atoms with E-state index in [0.717, 1.165) is 16.5 Å². The summed E-state index contributed by atoms with van der Waals surface area (Å²) in [4.78, 5) is 19.6. The number of hydrogen-bond donors (Lipinski definition) is 1. The molecule has 4 rings (SSSR count). The molecule has 1 heterocycles. The molecule has 3 aromatic carbocycles. The van der Waals surface area contributed by atoms with Gasteiger partial charge in [-0.15, -0.1) is 0 Å². The second-order valence-corrected chi connectivity index (χ2v) is 6.07. The summed E-state index contributed by atoms with van der Waals surface area (Å²) in [5, 5.41) is 15.4. The number of anilines is 2. The molecule has 0 saturated heterocycles. The van der Waals surface area contributed by atoms with E-state index in [9.17, 15) is 10.1 Å². The highest BCUT2D eigenvalue weighted by Crippen LogP contribution is 2.32. The number of rotatable bonds is 6. The van der Waals surface area contributed by atoms with E-state index in [1.54, 1.807) is 12.1 Å². The molecule has 1 aromatic heterocycles. The zero-order valence-corrected chi connectivity index (χ0v) is 14.8. The Morgan fingerprint density at radius 3 is 2.57 bits per heavy atom. The average molecular weight is 372 g/mol. The van der Waals surface area contributed by atoms with Crippen LogP contribution in [0.25, 0.3) is 10.9 Å². The summed E-state index contributed by atoms with van der Waals surface area (Å²) >= 11 is 0. The maximum atomic E-state index is 11.6. The van der Waals surface area contributed by atoms with Crippen molar-refractivity contribution < 1.29 is 9.66 Å². The maximum Gasteiger partial charge on any atom is 0.296 e. The van der Waals surface area contributed by atoms with E-state index >= 15 is 0 Å². The van der Waals surface area contributed by atoms with Crippen LogP contribution in [0.5, 0.6) is 5.75 Å². The fraction of sp³-hybridized carbons (Fsp3) is 0.0476. The third-order valence-corrected chi connectivity index (χ3v) is 4.21. The highest BCUT2D eigenvalue weighted by atomic mass is 16.6. The molecule has 4 aromatic rings. The molecule has 0 aliphatic carbocycles. The van der Waals surface area contributed by atoms with Crippen LogP contribution in [0.15, 0.2) is 79.1 Å². The molecule has 0 spiro atoms. The highest BCUT2D eigenvalue weighted by Gasteiger charge is 2.17. The predicted molar refractivity (Wildman–Crippen MR) is 107 cm³/mol. The zero-order valence-electron chi connectivity index (χ0n) is 14.8. The van der Waals surface area contributed by atoms with E-state index in [4.69, 9.17) is 4.74 Å². The lowest BCUT2D eigenvalue weighted by atomic mass is 10.2. The molecule has 1 N–H and O–H groups in total. The molecule has 0 aliphatic heterocycles. The van der Waals surface area contributed by atoms with Crippen LogP contribution in [0, 0.1) is 10.1 Å². The Labute approximate surface area is 160 Å². The van der Waals surface area contributed by atoms with Crippen molar-refractivity contribution in [3.05, 3.63) is 94.8 Å². The van der Waals surface area contributed by atoms with Gasteiger partial charge in [0.25, 0.3) is 5.69 Å². The number of benzene rings is 3. The zero-order chi connectivity index (χ0) is 19.3. The summed E-state index contributed by atoms with van der Waals surface area (Å²) in [6, 6.07) is 21.8. The highest BCUT2D eigenvalue weighted by molar-refractivity contribution is 5.91. The molecule has 138 valence electrons. The third kappa shape index (κ3) is 3.73. The molecule has 0 bridgehead atoms. The van der Waals surface area contributed by atoms with Gasteiger partial charge < -0.3 is 10.1 Å². The van der Waals surface area contributed by atoms with E-state index < -0.39 is 4.92 Å². The fourth-order valence-electron chi connectivity index (χ4n) is 2.83. The first-order valence-electron chi connectivity index (χ1n) is 8.62. The van der Waals surface area contributed by atoms with Crippen molar-refractivity contribution in [1.29, 1.82) is 0 Å². The van der Waals surface area contributed by atoms with Gasteiger partial charge in [-0.2, -0.15) is 0 Å².